The molecule has 2 aromatic rings. The molecule has 1 amide bonds. The van der Waals surface area contributed by atoms with Gasteiger partial charge in [0, 0.05) is 11.3 Å². The van der Waals surface area contributed by atoms with E-state index >= 15 is 0 Å². The summed E-state index contributed by atoms with van der Waals surface area (Å²) in [6.07, 6.45) is 0. The van der Waals surface area contributed by atoms with Gasteiger partial charge in [-0.05, 0) is 57.0 Å². The van der Waals surface area contributed by atoms with Crippen LogP contribution in [0, 0.1) is 20.8 Å². The van der Waals surface area contributed by atoms with E-state index in [0.29, 0.717) is 12.3 Å². The number of carbonyl (C=O) groups excluding carboxylic acids is 1. The molecule has 0 aliphatic heterocycles. The van der Waals surface area contributed by atoms with Gasteiger partial charge in [0.1, 0.15) is 6.54 Å². The molecule has 0 aromatic heterocycles. The first-order valence-corrected chi connectivity index (χ1v) is 9.18. The van der Waals surface area contributed by atoms with Crippen LogP contribution in [0.25, 0.3) is 0 Å². The van der Waals surface area contributed by atoms with Crippen LogP contribution in [0.3, 0.4) is 0 Å². The molecule has 0 heterocycles. The molecule has 2 aromatic carbocycles. The zero-order valence-electron chi connectivity index (χ0n) is 17.4. The summed E-state index contributed by atoms with van der Waals surface area (Å²) in [5.74, 6) is 1.44. The Balaban J connectivity index is 2.10. The second-order valence-electron chi connectivity index (χ2n) is 7.19. The highest BCUT2D eigenvalue weighted by atomic mass is 16.5. The number of quaternary nitrogens is 1. The molecule has 0 aliphatic carbocycles. The first-order chi connectivity index (χ1) is 12.8. The van der Waals surface area contributed by atoms with E-state index < -0.39 is 0 Å². The molecule has 2 N–H and O–H groups in total. The van der Waals surface area contributed by atoms with Gasteiger partial charge < -0.3 is 19.7 Å². The lowest BCUT2D eigenvalue weighted by molar-refractivity contribution is -0.907. The Morgan fingerprint density at radius 2 is 1.67 bits per heavy atom. The smallest absolute Gasteiger partial charge is 0.282 e. The molecule has 1 unspecified atom stereocenters. The quantitative estimate of drug-likeness (QED) is 0.787. The lowest BCUT2D eigenvalue weighted by atomic mass is 10.1. The van der Waals surface area contributed by atoms with Gasteiger partial charge in [0.05, 0.1) is 21.3 Å². The van der Waals surface area contributed by atoms with E-state index in [2.05, 4.69) is 11.4 Å². The number of likely N-dealkylation sites (N-methyl/N-ethyl adjacent to an activating group) is 1. The van der Waals surface area contributed by atoms with E-state index in [1.807, 2.05) is 59.0 Å². The number of hydrogen-bond donors (Lipinski definition) is 2. The number of ether oxygens (including phenoxy) is 2. The summed E-state index contributed by atoms with van der Waals surface area (Å²) < 4.78 is 10.8. The Hall–Kier alpha value is -2.53. The van der Waals surface area contributed by atoms with E-state index in [-0.39, 0.29) is 11.9 Å². The fourth-order valence-corrected chi connectivity index (χ4v) is 3.09. The van der Waals surface area contributed by atoms with E-state index in [1.165, 1.54) is 5.56 Å². The second-order valence-corrected chi connectivity index (χ2v) is 7.19. The summed E-state index contributed by atoms with van der Waals surface area (Å²) in [7, 11) is 5.30. The fourth-order valence-electron chi connectivity index (χ4n) is 3.09. The predicted molar refractivity (Wildman–Crippen MR) is 109 cm³/mol. The summed E-state index contributed by atoms with van der Waals surface area (Å²) >= 11 is 0. The largest absolute Gasteiger partial charge is 0.493 e. The van der Waals surface area contributed by atoms with Crippen molar-refractivity contribution in [2.75, 3.05) is 26.6 Å². The number of carbonyl (C=O) groups is 1. The first kappa shape index (κ1) is 20.8. The van der Waals surface area contributed by atoms with Gasteiger partial charge in [-0.25, -0.2) is 0 Å². The van der Waals surface area contributed by atoms with Gasteiger partial charge in [0.2, 0.25) is 0 Å². The van der Waals surface area contributed by atoms with Crippen molar-refractivity contribution in [3.63, 3.8) is 0 Å². The van der Waals surface area contributed by atoms with Gasteiger partial charge in [0.15, 0.2) is 17.5 Å². The predicted octanol–water partition coefficient (Wildman–Crippen LogP) is 2.67. The van der Waals surface area contributed by atoms with Crippen LogP contribution in [0.5, 0.6) is 11.5 Å². The van der Waals surface area contributed by atoms with Crippen molar-refractivity contribution in [3.05, 3.63) is 52.6 Å². The van der Waals surface area contributed by atoms with Gasteiger partial charge in [-0.1, -0.05) is 17.7 Å². The molecule has 0 aliphatic rings. The number of aryl methyl sites for hydroxylation is 3. The van der Waals surface area contributed by atoms with Crippen molar-refractivity contribution in [1.29, 1.82) is 0 Å². The molecule has 0 radical (unpaired) electrons. The zero-order valence-corrected chi connectivity index (χ0v) is 17.4. The number of nitrogens with one attached hydrogen (secondary N) is 2. The highest BCUT2D eigenvalue weighted by molar-refractivity contribution is 5.94. The molecule has 0 fully saturated rings. The molecular weight excluding hydrogens is 340 g/mol. The van der Waals surface area contributed by atoms with Crippen LogP contribution in [-0.2, 0) is 11.3 Å². The van der Waals surface area contributed by atoms with Gasteiger partial charge in [0.25, 0.3) is 5.91 Å². The maximum atomic E-state index is 12.7. The normalized spacial score (nSPS) is 13.0. The van der Waals surface area contributed by atoms with E-state index in [1.54, 1.807) is 14.2 Å². The van der Waals surface area contributed by atoms with Crippen LogP contribution in [0.4, 0.5) is 5.69 Å². The maximum Gasteiger partial charge on any atom is 0.282 e. The topological polar surface area (TPSA) is 52.0 Å². The fraction of sp³-hybridized carbons (Fsp3) is 0.409. The van der Waals surface area contributed by atoms with E-state index in [0.717, 1.165) is 33.0 Å². The summed E-state index contributed by atoms with van der Waals surface area (Å²) in [6, 6.07) is 9.82. The number of benzene rings is 2. The molecule has 146 valence electrons. The molecule has 5 heteroatoms. The van der Waals surface area contributed by atoms with Crippen molar-refractivity contribution < 1.29 is 19.2 Å². The van der Waals surface area contributed by atoms with Crippen LogP contribution in [0.2, 0.25) is 0 Å². The molecule has 0 spiro atoms. The number of anilines is 1. The third-order valence-electron chi connectivity index (χ3n) is 5.08. The van der Waals surface area contributed by atoms with Crippen molar-refractivity contribution >= 4 is 11.6 Å². The summed E-state index contributed by atoms with van der Waals surface area (Å²) in [4.78, 5) is 13.8. The Morgan fingerprint density at radius 3 is 2.26 bits per heavy atom. The average molecular weight is 372 g/mol. The van der Waals surface area contributed by atoms with Crippen LogP contribution in [-0.4, -0.2) is 33.2 Å². The molecular formula is C22H31N2O3+. The van der Waals surface area contributed by atoms with Gasteiger partial charge in [-0.15, -0.1) is 0 Å². The number of amides is 1. The molecule has 0 saturated carbocycles. The van der Waals surface area contributed by atoms with Crippen molar-refractivity contribution in [2.24, 2.45) is 0 Å². The lowest BCUT2D eigenvalue weighted by Gasteiger charge is -2.23. The van der Waals surface area contributed by atoms with Crippen LogP contribution >= 0.6 is 0 Å². The minimum absolute atomic E-state index is 0.0117. The highest BCUT2D eigenvalue weighted by Gasteiger charge is 2.23. The van der Waals surface area contributed by atoms with Gasteiger partial charge in [-0.2, -0.15) is 0 Å². The van der Waals surface area contributed by atoms with Crippen LogP contribution in [0.1, 0.15) is 29.2 Å². The van der Waals surface area contributed by atoms with Crippen LogP contribution in [0.15, 0.2) is 30.3 Å². The average Bonchev–Trinajstić information content (AvgIpc) is 2.64. The van der Waals surface area contributed by atoms with Gasteiger partial charge >= 0.3 is 0 Å². The van der Waals surface area contributed by atoms with Crippen molar-refractivity contribution in [3.8, 4) is 11.5 Å². The van der Waals surface area contributed by atoms with Crippen LogP contribution < -0.4 is 19.7 Å². The third-order valence-corrected chi connectivity index (χ3v) is 5.08. The van der Waals surface area contributed by atoms with Gasteiger partial charge in [-0.3, -0.25) is 4.79 Å². The number of rotatable bonds is 7. The minimum Gasteiger partial charge on any atom is -0.493 e. The molecule has 27 heavy (non-hydrogen) atoms. The third kappa shape index (κ3) is 5.01. The van der Waals surface area contributed by atoms with E-state index in [9.17, 15) is 4.79 Å². The Labute approximate surface area is 162 Å². The molecule has 0 bridgehead atoms. The monoisotopic (exact) mass is 371 g/mol. The summed E-state index contributed by atoms with van der Waals surface area (Å²) in [6.45, 7) is 8.77. The zero-order chi connectivity index (χ0) is 20.1. The Kier molecular flexibility index (Phi) is 6.86. The molecule has 5 nitrogen and oxygen atoms in total. The highest BCUT2D eigenvalue weighted by Crippen LogP contribution is 2.29. The summed E-state index contributed by atoms with van der Waals surface area (Å²) in [5.41, 5.74) is 5.38. The molecule has 2 rings (SSSR count). The van der Waals surface area contributed by atoms with Crippen molar-refractivity contribution in [1.82, 2.24) is 0 Å². The molecule has 2 atom stereocenters. The Bertz CT molecular complexity index is 817. The number of methoxy groups -OCH3 is 2. The summed E-state index contributed by atoms with van der Waals surface area (Å²) in [5, 5.41) is 3.05. The van der Waals surface area contributed by atoms with Crippen molar-refractivity contribution in [2.45, 2.75) is 40.3 Å². The Morgan fingerprint density at radius 1 is 1.04 bits per heavy atom. The lowest BCUT2D eigenvalue weighted by Crippen LogP contribution is -3.12. The SMILES string of the molecule is COc1cc(C)c(C[NH+](C)[C@H](C)C(=O)Nc2ccc(C)cc2C)cc1OC. The minimum atomic E-state index is -0.196. The first-order valence-electron chi connectivity index (χ1n) is 9.18. The maximum absolute atomic E-state index is 12.7. The second kappa shape index (κ2) is 8.91. The number of hydrogen-bond acceptors (Lipinski definition) is 3. The van der Waals surface area contributed by atoms with E-state index in [4.69, 9.17) is 9.47 Å². The standard InChI is InChI=1S/C22H30N2O3/c1-14-8-9-19(16(3)10-14)23-22(25)17(4)24(5)13-18-12-21(27-7)20(26-6)11-15(18)2/h8-12,17H,13H2,1-7H3,(H,23,25)/p+1/t17-/m1/s1. The molecule has 0 saturated heterocycles.